The highest BCUT2D eigenvalue weighted by Crippen LogP contribution is 2.04. The minimum atomic E-state index is -0.549. The van der Waals surface area contributed by atoms with Crippen molar-refractivity contribution < 1.29 is 18.9 Å². The molecule has 1 unspecified atom stereocenters. The Morgan fingerprint density at radius 1 is 1.18 bits per heavy atom. The molecule has 0 bridgehead atoms. The largest absolute Gasteiger partial charge is 0.399 e. The average molecular weight is 297 g/mol. The molecule has 0 saturated carbocycles. The lowest BCUT2D eigenvalue weighted by Crippen LogP contribution is -2.40. The summed E-state index contributed by atoms with van der Waals surface area (Å²) >= 11 is 0. The first-order valence-electron chi connectivity index (χ1n) is 6.80. The van der Waals surface area contributed by atoms with Gasteiger partial charge in [0.25, 0.3) is 5.91 Å². The van der Waals surface area contributed by atoms with Crippen molar-refractivity contribution in [2.75, 3.05) is 0 Å². The van der Waals surface area contributed by atoms with Gasteiger partial charge in [-0.15, -0.1) is 0 Å². The number of ether oxygens (including phenoxy) is 1. The van der Waals surface area contributed by atoms with Crippen molar-refractivity contribution in [2.45, 2.75) is 13.2 Å². The molecule has 0 spiro atoms. The lowest BCUT2D eigenvalue weighted by atomic mass is 10.2. The van der Waals surface area contributed by atoms with Gasteiger partial charge in [-0.1, -0.05) is 30.3 Å². The Kier molecular flexibility index (Phi) is 5.03. The van der Waals surface area contributed by atoms with Crippen molar-refractivity contribution in [3.8, 4) is 0 Å². The Hall–Kier alpha value is -2.95. The van der Waals surface area contributed by atoms with Crippen LogP contribution in [0.5, 0.6) is 0 Å². The lowest BCUT2D eigenvalue weighted by Gasteiger charge is -2.07. The van der Waals surface area contributed by atoms with E-state index in [9.17, 15) is 9.59 Å². The summed E-state index contributed by atoms with van der Waals surface area (Å²) in [4.78, 5) is 23.0. The molecule has 0 aliphatic carbocycles. The van der Waals surface area contributed by atoms with E-state index in [1.165, 1.54) is 6.08 Å². The lowest BCUT2D eigenvalue weighted by molar-refractivity contribution is -0.753. The summed E-state index contributed by atoms with van der Waals surface area (Å²) in [5, 5.41) is 0. The second-order valence-electron chi connectivity index (χ2n) is 4.68. The minimum absolute atomic E-state index is 0.352. The molecule has 1 aromatic carbocycles. The summed E-state index contributed by atoms with van der Waals surface area (Å²) in [6.07, 6.45) is 5.74. The van der Waals surface area contributed by atoms with Gasteiger partial charge in [-0.25, -0.2) is 4.79 Å². The number of rotatable bonds is 5. The van der Waals surface area contributed by atoms with E-state index in [2.05, 4.69) is 0 Å². The van der Waals surface area contributed by atoms with Crippen LogP contribution in [-0.4, -0.2) is 11.9 Å². The van der Waals surface area contributed by atoms with Crippen molar-refractivity contribution in [3.05, 3.63) is 72.1 Å². The van der Waals surface area contributed by atoms with E-state index < -0.39 is 18.1 Å². The maximum absolute atomic E-state index is 11.8. The molecule has 0 radical (unpaired) electrons. The maximum Gasteiger partial charge on any atom is 0.335 e. The Balaban J connectivity index is 2.01. The summed E-state index contributed by atoms with van der Waals surface area (Å²) in [6, 6.07) is 12.7. The average Bonchev–Trinajstić information content (AvgIpc) is 2.54. The molecule has 5 heteroatoms. The molecule has 2 N–H and O–H groups in total. The number of carbonyl (C=O) groups is 2. The number of primary amides is 1. The predicted octanol–water partition coefficient (Wildman–Crippen LogP) is 1.85. The summed E-state index contributed by atoms with van der Waals surface area (Å²) in [5.74, 6) is -0.995. The van der Waals surface area contributed by atoms with Crippen molar-refractivity contribution >= 4 is 18.0 Å². The Morgan fingerprint density at radius 2 is 1.91 bits per heavy atom. The first-order valence-corrected chi connectivity index (χ1v) is 6.80. The van der Waals surface area contributed by atoms with Crippen LogP contribution in [0.25, 0.3) is 6.08 Å². The van der Waals surface area contributed by atoms with Gasteiger partial charge in [-0.05, 0) is 17.7 Å². The van der Waals surface area contributed by atoms with Crippen LogP contribution >= 0.6 is 0 Å². The van der Waals surface area contributed by atoms with Gasteiger partial charge in [-0.3, -0.25) is 4.79 Å². The highest BCUT2D eigenvalue weighted by atomic mass is 16.6. The molecule has 2 aromatic rings. The van der Waals surface area contributed by atoms with Gasteiger partial charge in [0.1, 0.15) is 5.56 Å². The number of hydrogen-bond acceptors (Lipinski definition) is 3. The molecule has 112 valence electrons. The van der Waals surface area contributed by atoms with Gasteiger partial charge in [-0.2, -0.15) is 4.57 Å². The quantitative estimate of drug-likeness (QED) is 0.520. The van der Waals surface area contributed by atoms with Crippen molar-refractivity contribution in [3.63, 3.8) is 0 Å². The van der Waals surface area contributed by atoms with E-state index in [-0.39, 0.29) is 0 Å². The van der Waals surface area contributed by atoms with E-state index in [4.69, 9.17) is 10.5 Å². The van der Waals surface area contributed by atoms with Gasteiger partial charge in [0, 0.05) is 19.1 Å². The number of aromatic nitrogens is 1. The van der Waals surface area contributed by atoms with E-state index in [0.717, 1.165) is 5.56 Å². The fraction of sp³-hybridized carbons (Fsp3) is 0.118. The van der Waals surface area contributed by atoms with Crippen molar-refractivity contribution in [2.24, 2.45) is 5.73 Å². The van der Waals surface area contributed by atoms with E-state index >= 15 is 0 Å². The Morgan fingerprint density at radius 3 is 2.59 bits per heavy atom. The molecular formula is C17H17N2O3+. The highest BCUT2D eigenvalue weighted by Gasteiger charge is 2.17. The molecule has 0 aliphatic rings. The first-order chi connectivity index (χ1) is 10.6. The summed E-state index contributed by atoms with van der Waals surface area (Å²) in [7, 11) is 0. The van der Waals surface area contributed by atoms with Crippen LogP contribution in [0.1, 0.15) is 29.1 Å². The van der Waals surface area contributed by atoms with Crippen LogP contribution in [0.2, 0.25) is 0 Å². The molecule has 1 heterocycles. The highest BCUT2D eigenvalue weighted by molar-refractivity contribution is 5.92. The molecule has 0 fully saturated rings. The molecule has 2 rings (SSSR count). The SMILES string of the molecule is CC(OC(=O)/C=C/c1ccccc1)[n+]1cccc(C(N)=O)c1. The number of carbonyl (C=O) groups excluding carboxylic acids is 2. The topological polar surface area (TPSA) is 73.3 Å². The van der Waals surface area contributed by atoms with E-state index in [0.29, 0.717) is 5.56 Å². The van der Waals surface area contributed by atoms with Crippen LogP contribution in [0.15, 0.2) is 60.9 Å². The fourth-order valence-corrected chi connectivity index (χ4v) is 1.86. The number of amides is 1. The zero-order valence-corrected chi connectivity index (χ0v) is 12.2. The minimum Gasteiger partial charge on any atom is -0.399 e. The van der Waals surface area contributed by atoms with Crippen LogP contribution in [0.4, 0.5) is 0 Å². The third-order valence-electron chi connectivity index (χ3n) is 3.02. The molecule has 1 amide bonds. The molecule has 5 nitrogen and oxygen atoms in total. The number of benzene rings is 1. The maximum atomic E-state index is 11.8. The number of nitrogens with two attached hydrogens (primary N) is 1. The van der Waals surface area contributed by atoms with E-state index in [1.807, 2.05) is 30.3 Å². The van der Waals surface area contributed by atoms with Gasteiger partial charge >= 0.3 is 12.2 Å². The fourth-order valence-electron chi connectivity index (χ4n) is 1.86. The summed E-state index contributed by atoms with van der Waals surface area (Å²) < 4.78 is 6.88. The van der Waals surface area contributed by atoms with Gasteiger partial charge < -0.3 is 10.5 Å². The third kappa shape index (κ3) is 4.28. The molecule has 0 aliphatic heterocycles. The second kappa shape index (κ2) is 7.17. The summed E-state index contributed by atoms with van der Waals surface area (Å²) in [6.45, 7) is 1.71. The van der Waals surface area contributed by atoms with Crippen molar-refractivity contribution in [1.82, 2.24) is 0 Å². The summed E-state index contributed by atoms with van der Waals surface area (Å²) in [5.41, 5.74) is 6.49. The smallest absolute Gasteiger partial charge is 0.335 e. The molecule has 22 heavy (non-hydrogen) atoms. The first kappa shape index (κ1) is 15.4. The standard InChI is InChI=1S/C17H16N2O3/c1-13(19-11-5-8-15(12-19)17(18)21)22-16(20)10-9-14-6-3-2-4-7-14/h2-13H,1H3,(H-,18,21)/p+1/b10-9+. The normalized spacial score (nSPS) is 12.0. The van der Waals surface area contributed by atoms with Crippen LogP contribution in [-0.2, 0) is 9.53 Å². The molecule has 1 aromatic heterocycles. The predicted molar refractivity (Wildman–Crippen MR) is 81.4 cm³/mol. The monoisotopic (exact) mass is 297 g/mol. The Bertz CT molecular complexity index is 696. The zero-order valence-electron chi connectivity index (χ0n) is 12.2. The number of hydrogen-bond donors (Lipinski definition) is 1. The second-order valence-corrected chi connectivity index (χ2v) is 4.68. The number of esters is 1. The Labute approximate surface area is 128 Å². The van der Waals surface area contributed by atoms with Gasteiger partial charge in [0.05, 0.1) is 0 Å². The number of nitrogens with zero attached hydrogens (tertiary/aromatic N) is 1. The van der Waals surface area contributed by atoms with Crippen molar-refractivity contribution in [1.29, 1.82) is 0 Å². The van der Waals surface area contributed by atoms with Crippen LogP contribution in [0, 0.1) is 0 Å². The van der Waals surface area contributed by atoms with Crippen LogP contribution in [0.3, 0.4) is 0 Å². The number of pyridine rings is 1. The van der Waals surface area contributed by atoms with E-state index in [1.54, 1.807) is 42.1 Å². The molecular weight excluding hydrogens is 280 g/mol. The molecule has 0 saturated heterocycles. The van der Waals surface area contributed by atoms with Crippen LogP contribution < -0.4 is 10.3 Å². The van der Waals surface area contributed by atoms with Gasteiger partial charge in [0.15, 0.2) is 12.4 Å². The zero-order chi connectivity index (χ0) is 15.9. The third-order valence-corrected chi connectivity index (χ3v) is 3.02. The van der Waals surface area contributed by atoms with Gasteiger partial charge in [0.2, 0.25) is 0 Å². The molecule has 1 atom stereocenters.